The van der Waals surface area contributed by atoms with E-state index in [-0.39, 0.29) is 11.8 Å². The van der Waals surface area contributed by atoms with Crippen LogP contribution in [0.25, 0.3) is 0 Å². The first-order valence-electron chi connectivity index (χ1n) is 7.29. The number of rotatable bonds is 9. The number of carbonyl (C=O) groups is 1. The number of hydrogen-bond donors (Lipinski definition) is 3. The molecule has 20 heavy (non-hydrogen) atoms. The molecule has 4 heteroatoms. The molecular weight excluding hydrogens is 254 g/mol. The van der Waals surface area contributed by atoms with E-state index < -0.39 is 12.0 Å². The number of aryl methyl sites for hydroxylation is 1. The fraction of sp³-hybridized carbons (Fsp3) is 0.562. The minimum absolute atomic E-state index is 0.154. The Bertz CT molecular complexity index is 403. The third-order valence-electron chi connectivity index (χ3n) is 3.43. The second-order valence-electron chi connectivity index (χ2n) is 5.31. The summed E-state index contributed by atoms with van der Waals surface area (Å²) in [6.07, 6.45) is 4.35. The number of phenolic OH excluding ortho intramolecular Hbond substituents is 1. The van der Waals surface area contributed by atoms with Crippen molar-refractivity contribution in [1.82, 2.24) is 5.32 Å². The normalized spacial score (nSPS) is 13.9. The van der Waals surface area contributed by atoms with Crippen LogP contribution in [0, 0.1) is 0 Å². The Kier molecular flexibility index (Phi) is 7.09. The maximum atomic E-state index is 11.2. The summed E-state index contributed by atoms with van der Waals surface area (Å²) < 4.78 is 0. The Hall–Kier alpha value is -1.55. The molecule has 1 unspecified atom stereocenters. The predicted molar refractivity (Wildman–Crippen MR) is 80.0 cm³/mol. The van der Waals surface area contributed by atoms with Gasteiger partial charge in [-0.1, -0.05) is 31.9 Å². The van der Waals surface area contributed by atoms with Crippen LogP contribution >= 0.6 is 0 Å². The minimum atomic E-state index is -0.769. The minimum Gasteiger partial charge on any atom is -0.508 e. The van der Waals surface area contributed by atoms with Gasteiger partial charge in [-0.05, 0) is 43.9 Å². The van der Waals surface area contributed by atoms with Crippen molar-refractivity contribution in [3.63, 3.8) is 0 Å². The van der Waals surface area contributed by atoms with Crippen LogP contribution in [-0.2, 0) is 11.2 Å². The number of aromatic hydroxyl groups is 1. The first kappa shape index (κ1) is 16.5. The topological polar surface area (TPSA) is 69.6 Å². The van der Waals surface area contributed by atoms with Crippen LogP contribution in [0.5, 0.6) is 5.75 Å². The highest BCUT2D eigenvalue weighted by Gasteiger charge is 2.18. The Labute approximate surface area is 120 Å². The van der Waals surface area contributed by atoms with Gasteiger partial charge >= 0.3 is 5.97 Å². The van der Waals surface area contributed by atoms with Gasteiger partial charge in [0.1, 0.15) is 11.8 Å². The van der Waals surface area contributed by atoms with Gasteiger partial charge in [0.2, 0.25) is 0 Å². The van der Waals surface area contributed by atoms with Crippen molar-refractivity contribution < 1.29 is 15.0 Å². The molecule has 0 heterocycles. The van der Waals surface area contributed by atoms with Gasteiger partial charge in [-0.2, -0.15) is 0 Å². The van der Waals surface area contributed by atoms with Crippen molar-refractivity contribution in [3.05, 3.63) is 29.8 Å². The highest BCUT2D eigenvalue weighted by Crippen LogP contribution is 2.12. The van der Waals surface area contributed by atoms with Crippen molar-refractivity contribution in [2.75, 3.05) is 0 Å². The molecule has 0 aliphatic carbocycles. The molecule has 0 saturated carbocycles. The quantitative estimate of drug-likeness (QED) is 0.650. The van der Waals surface area contributed by atoms with Crippen LogP contribution in [0.4, 0.5) is 0 Å². The molecule has 0 aliphatic rings. The third-order valence-corrected chi connectivity index (χ3v) is 3.43. The van der Waals surface area contributed by atoms with E-state index in [1.54, 1.807) is 12.1 Å². The lowest BCUT2D eigenvalue weighted by Gasteiger charge is -2.20. The average Bonchev–Trinajstić information content (AvgIpc) is 2.42. The summed E-state index contributed by atoms with van der Waals surface area (Å²) in [6, 6.07) is 6.84. The van der Waals surface area contributed by atoms with E-state index >= 15 is 0 Å². The van der Waals surface area contributed by atoms with Crippen LogP contribution < -0.4 is 5.32 Å². The lowest BCUT2D eigenvalue weighted by molar-refractivity contribution is -0.139. The van der Waals surface area contributed by atoms with E-state index in [1.165, 1.54) is 0 Å². The molecule has 0 saturated heterocycles. The zero-order chi connectivity index (χ0) is 15.0. The number of carboxylic acid groups (broad SMARTS) is 1. The van der Waals surface area contributed by atoms with Gasteiger partial charge in [-0.15, -0.1) is 0 Å². The predicted octanol–water partition coefficient (Wildman–Crippen LogP) is 2.95. The van der Waals surface area contributed by atoms with Crippen LogP contribution in [0.3, 0.4) is 0 Å². The Morgan fingerprint density at radius 1 is 1.25 bits per heavy atom. The van der Waals surface area contributed by atoms with E-state index in [0.29, 0.717) is 6.42 Å². The molecule has 0 fully saturated rings. The molecule has 1 aromatic carbocycles. The molecule has 0 radical (unpaired) electrons. The highest BCUT2D eigenvalue weighted by atomic mass is 16.4. The lowest BCUT2D eigenvalue weighted by Crippen LogP contribution is -2.42. The molecule has 4 nitrogen and oxygen atoms in total. The maximum Gasteiger partial charge on any atom is 0.320 e. The number of carboxylic acids is 1. The van der Waals surface area contributed by atoms with E-state index in [2.05, 4.69) is 12.2 Å². The summed E-state index contributed by atoms with van der Waals surface area (Å²) >= 11 is 0. The van der Waals surface area contributed by atoms with Crippen LogP contribution in [-0.4, -0.2) is 28.3 Å². The summed E-state index contributed by atoms with van der Waals surface area (Å²) in [4.78, 5) is 11.2. The maximum absolute atomic E-state index is 11.2. The van der Waals surface area contributed by atoms with Gasteiger partial charge in [-0.3, -0.25) is 4.79 Å². The number of nitrogens with one attached hydrogen (secondary N) is 1. The third kappa shape index (κ3) is 6.06. The smallest absolute Gasteiger partial charge is 0.320 e. The molecule has 0 amide bonds. The monoisotopic (exact) mass is 279 g/mol. The largest absolute Gasteiger partial charge is 0.508 e. The molecule has 3 N–H and O–H groups in total. The van der Waals surface area contributed by atoms with Gasteiger partial charge in [0.25, 0.3) is 0 Å². The van der Waals surface area contributed by atoms with Crippen molar-refractivity contribution in [3.8, 4) is 5.75 Å². The van der Waals surface area contributed by atoms with Gasteiger partial charge in [0, 0.05) is 6.04 Å². The average molecular weight is 279 g/mol. The lowest BCUT2D eigenvalue weighted by atomic mass is 10.0. The number of aliphatic carboxylic acids is 1. The van der Waals surface area contributed by atoms with Crippen molar-refractivity contribution >= 4 is 5.97 Å². The molecule has 2 atom stereocenters. The Morgan fingerprint density at radius 2 is 1.90 bits per heavy atom. The molecule has 1 aromatic rings. The van der Waals surface area contributed by atoms with Crippen molar-refractivity contribution in [2.24, 2.45) is 0 Å². The Morgan fingerprint density at radius 3 is 2.45 bits per heavy atom. The number of phenols is 1. The van der Waals surface area contributed by atoms with E-state index in [4.69, 9.17) is 0 Å². The molecule has 0 bridgehead atoms. The van der Waals surface area contributed by atoms with Gasteiger partial charge in [-0.25, -0.2) is 0 Å². The van der Waals surface area contributed by atoms with Crippen molar-refractivity contribution in [1.29, 1.82) is 0 Å². The first-order chi connectivity index (χ1) is 9.52. The SMILES string of the molecule is CCCC[C@H](NC(C)CCc1ccc(O)cc1)C(=O)O. The summed E-state index contributed by atoms with van der Waals surface area (Å²) in [7, 11) is 0. The standard InChI is InChI=1S/C16H25NO3/c1-3-4-5-15(16(19)20)17-12(2)6-7-13-8-10-14(18)11-9-13/h8-12,15,17-18H,3-7H2,1-2H3,(H,19,20)/t12?,15-/m0/s1. The fourth-order valence-electron chi connectivity index (χ4n) is 2.16. The molecule has 0 aromatic heterocycles. The summed E-state index contributed by atoms with van der Waals surface area (Å²) in [5.41, 5.74) is 1.15. The molecule has 0 aliphatic heterocycles. The molecule has 0 spiro atoms. The van der Waals surface area contributed by atoms with Crippen LogP contribution in [0.2, 0.25) is 0 Å². The van der Waals surface area contributed by atoms with Crippen LogP contribution in [0.1, 0.15) is 45.1 Å². The zero-order valence-corrected chi connectivity index (χ0v) is 12.3. The summed E-state index contributed by atoms with van der Waals surface area (Å²) in [5, 5.41) is 21.6. The van der Waals surface area contributed by atoms with Gasteiger partial charge in [0.05, 0.1) is 0 Å². The molecular formula is C16H25NO3. The second kappa shape index (κ2) is 8.59. The number of hydrogen-bond acceptors (Lipinski definition) is 3. The molecule has 112 valence electrons. The zero-order valence-electron chi connectivity index (χ0n) is 12.3. The number of benzene rings is 1. The van der Waals surface area contributed by atoms with E-state index in [0.717, 1.165) is 31.2 Å². The van der Waals surface area contributed by atoms with Crippen molar-refractivity contribution in [2.45, 2.75) is 58.0 Å². The van der Waals surface area contributed by atoms with Crippen LogP contribution in [0.15, 0.2) is 24.3 Å². The summed E-state index contributed by atoms with van der Waals surface area (Å²) in [5.74, 6) is -0.500. The van der Waals surface area contributed by atoms with E-state index in [1.807, 2.05) is 19.1 Å². The van der Waals surface area contributed by atoms with E-state index in [9.17, 15) is 15.0 Å². The molecule has 1 rings (SSSR count). The Balaban J connectivity index is 2.39. The van der Waals surface area contributed by atoms with Gasteiger partial charge in [0.15, 0.2) is 0 Å². The fourth-order valence-corrected chi connectivity index (χ4v) is 2.16. The van der Waals surface area contributed by atoms with Gasteiger partial charge < -0.3 is 15.5 Å². The number of unbranched alkanes of at least 4 members (excludes halogenated alkanes) is 1. The first-order valence-corrected chi connectivity index (χ1v) is 7.29. The second-order valence-corrected chi connectivity index (χ2v) is 5.31. The summed E-state index contributed by atoms with van der Waals surface area (Å²) in [6.45, 7) is 4.08. The highest BCUT2D eigenvalue weighted by molar-refractivity contribution is 5.73.